The summed E-state index contributed by atoms with van der Waals surface area (Å²) in [5.41, 5.74) is 6.74. The number of nitro groups is 1. The van der Waals surface area contributed by atoms with Crippen molar-refractivity contribution in [3.63, 3.8) is 0 Å². The van der Waals surface area contributed by atoms with Crippen molar-refractivity contribution in [2.75, 3.05) is 19.6 Å². The first-order valence-corrected chi connectivity index (χ1v) is 6.75. The van der Waals surface area contributed by atoms with Gasteiger partial charge in [0.1, 0.15) is 0 Å². The van der Waals surface area contributed by atoms with Gasteiger partial charge in [0, 0.05) is 19.2 Å². The maximum absolute atomic E-state index is 10.9. The Kier molecular flexibility index (Phi) is 4.31. The summed E-state index contributed by atoms with van der Waals surface area (Å²) in [6, 6.07) is 5.17. The molecule has 1 fully saturated rings. The Labute approximate surface area is 114 Å². The molecular formula is C12H16BrN3O2. The highest BCUT2D eigenvalue weighted by atomic mass is 79.9. The normalized spacial score (nSPS) is 20.2. The molecule has 1 aliphatic heterocycles. The van der Waals surface area contributed by atoms with Gasteiger partial charge in [-0.05, 0) is 46.9 Å². The molecule has 1 unspecified atom stereocenters. The number of rotatable bonds is 4. The van der Waals surface area contributed by atoms with E-state index in [1.807, 2.05) is 6.07 Å². The summed E-state index contributed by atoms with van der Waals surface area (Å²) in [4.78, 5) is 12.8. The van der Waals surface area contributed by atoms with Crippen LogP contribution in [0.2, 0.25) is 0 Å². The third-order valence-corrected chi connectivity index (χ3v) is 4.27. The van der Waals surface area contributed by atoms with Crippen LogP contribution in [0.4, 0.5) is 5.69 Å². The van der Waals surface area contributed by atoms with Gasteiger partial charge in [-0.1, -0.05) is 12.1 Å². The maximum Gasteiger partial charge on any atom is 0.283 e. The van der Waals surface area contributed by atoms with Gasteiger partial charge in [0.05, 0.1) is 9.40 Å². The van der Waals surface area contributed by atoms with Gasteiger partial charge in [0.15, 0.2) is 0 Å². The minimum atomic E-state index is -0.361. The Balaban J connectivity index is 2.10. The number of nitro benzene ring substituents is 1. The average molecular weight is 314 g/mol. The molecule has 0 aliphatic carbocycles. The Hall–Kier alpha value is -0.980. The zero-order chi connectivity index (χ0) is 13.1. The Morgan fingerprint density at radius 3 is 2.94 bits per heavy atom. The first-order chi connectivity index (χ1) is 8.61. The van der Waals surface area contributed by atoms with Crippen LogP contribution in [-0.2, 0) is 6.54 Å². The van der Waals surface area contributed by atoms with Crippen molar-refractivity contribution in [1.82, 2.24) is 4.90 Å². The van der Waals surface area contributed by atoms with Crippen molar-refractivity contribution in [1.29, 1.82) is 0 Å². The lowest BCUT2D eigenvalue weighted by Gasteiger charge is -2.16. The van der Waals surface area contributed by atoms with Crippen LogP contribution in [0.3, 0.4) is 0 Å². The number of halogens is 1. The molecule has 18 heavy (non-hydrogen) atoms. The van der Waals surface area contributed by atoms with Gasteiger partial charge in [-0.25, -0.2) is 0 Å². The minimum absolute atomic E-state index is 0.127. The summed E-state index contributed by atoms with van der Waals surface area (Å²) in [7, 11) is 0. The van der Waals surface area contributed by atoms with Crippen molar-refractivity contribution in [2.45, 2.75) is 13.0 Å². The van der Waals surface area contributed by atoms with Crippen molar-refractivity contribution in [2.24, 2.45) is 11.7 Å². The Morgan fingerprint density at radius 2 is 2.33 bits per heavy atom. The summed E-state index contributed by atoms with van der Waals surface area (Å²) >= 11 is 3.33. The van der Waals surface area contributed by atoms with Gasteiger partial charge in [-0.15, -0.1) is 0 Å². The van der Waals surface area contributed by atoms with Gasteiger partial charge < -0.3 is 5.73 Å². The second-order valence-electron chi connectivity index (χ2n) is 4.63. The minimum Gasteiger partial charge on any atom is -0.330 e. The van der Waals surface area contributed by atoms with Crippen LogP contribution in [0.25, 0.3) is 0 Å². The van der Waals surface area contributed by atoms with Gasteiger partial charge in [0.2, 0.25) is 0 Å². The van der Waals surface area contributed by atoms with Crippen LogP contribution in [0.5, 0.6) is 0 Å². The fourth-order valence-corrected chi connectivity index (χ4v) is 2.85. The molecule has 0 amide bonds. The van der Waals surface area contributed by atoms with E-state index in [1.54, 1.807) is 6.07 Å². The molecule has 0 radical (unpaired) electrons. The first kappa shape index (κ1) is 13.5. The highest BCUT2D eigenvalue weighted by molar-refractivity contribution is 9.10. The second-order valence-corrected chi connectivity index (χ2v) is 5.43. The van der Waals surface area contributed by atoms with E-state index in [9.17, 15) is 10.1 Å². The summed E-state index contributed by atoms with van der Waals surface area (Å²) in [6.45, 7) is 3.44. The van der Waals surface area contributed by atoms with Crippen molar-refractivity contribution < 1.29 is 4.92 Å². The molecule has 5 nitrogen and oxygen atoms in total. The summed E-state index contributed by atoms with van der Waals surface area (Å²) in [5, 5.41) is 10.9. The van der Waals surface area contributed by atoms with E-state index in [0.717, 1.165) is 31.6 Å². The highest BCUT2D eigenvalue weighted by Crippen LogP contribution is 2.30. The van der Waals surface area contributed by atoms with Crippen molar-refractivity contribution >= 4 is 21.6 Å². The molecular weight excluding hydrogens is 298 g/mol. The zero-order valence-corrected chi connectivity index (χ0v) is 11.6. The van der Waals surface area contributed by atoms with Gasteiger partial charge in [-0.2, -0.15) is 0 Å². The molecule has 1 atom stereocenters. The molecule has 1 aromatic carbocycles. The first-order valence-electron chi connectivity index (χ1n) is 5.96. The lowest BCUT2D eigenvalue weighted by molar-refractivity contribution is -0.385. The molecule has 0 aromatic heterocycles. The van der Waals surface area contributed by atoms with Crippen LogP contribution >= 0.6 is 15.9 Å². The largest absolute Gasteiger partial charge is 0.330 e. The summed E-state index contributed by atoms with van der Waals surface area (Å²) in [5.74, 6) is 0.558. The third-order valence-electron chi connectivity index (χ3n) is 3.35. The zero-order valence-electron chi connectivity index (χ0n) is 10.0. The predicted octanol–water partition coefficient (Wildman–Crippen LogP) is 2.14. The molecule has 1 aromatic rings. The van der Waals surface area contributed by atoms with Crippen LogP contribution in [0.1, 0.15) is 12.0 Å². The molecule has 6 heteroatoms. The molecule has 0 spiro atoms. The molecule has 2 rings (SSSR count). The second kappa shape index (κ2) is 5.77. The summed E-state index contributed by atoms with van der Waals surface area (Å²) in [6.07, 6.45) is 1.11. The van der Waals surface area contributed by atoms with Crippen LogP contribution in [-0.4, -0.2) is 29.5 Å². The molecule has 1 aliphatic rings. The molecule has 1 saturated heterocycles. The third kappa shape index (κ3) is 2.88. The van der Waals surface area contributed by atoms with E-state index in [0.29, 0.717) is 16.9 Å². The van der Waals surface area contributed by atoms with Gasteiger partial charge in [-0.3, -0.25) is 15.0 Å². The average Bonchev–Trinajstić information content (AvgIpc) is 2.79. The van der Waals surface area contributed by atoms with E-state index in [4.69, 9.17) is 5.73 Å². The Bertz CT molecular complexity index is 453. The van der Waals surface area contributed by atoms with Crippen molar-refractivity contribution in [3.8, 4) is 0 Å². The van der Waals surface area contributed by atoms with E-state index >= 15 is 0 Å². The molecule has 2 N–H and O–H groups in total. The number of likely N-dealkylation sites (tertiary alicyclic amines) is 1. The summed E-state index contributed by atoms with van der Waals surface area (Å²) < 4.78 is 0.589. The molecule has 0 bridgehead atoms. The van der Waals surface area contributed by atoms with Gasteiger partial charge in [0.25, 0.3) is 5.69 Å². The molecule has 0 saturated carbocycles. The van der Waals surface area contributed by atoms with Crippen LogP contribution in [0.15, 0.2) is 22.7 Å². The molecule has 98 valence electrons. The topological polar surface area (TPSA) is 72.4 Å². The lowest BCUT2D eigenvalue weighted by Crippen LogP contribution is -2.23. The number of nitrogens with zero attached hydrogens (tertiary/aromatic N) is 2. The predicted molar refractivity (Wildman–Crippen MR) is 73.2 cm³/mol. The highest BCUT2D eigenvalue weighted by Gasteiger charge is 2.23. The monoisotopic (exact) mass is 313 g/mol. The smallest absolute Gasteiger partial charge is 0.283 e. The number of benzene rings is 1. The molecule has 1 heterocycles. The van der Waals surface area contributed by atoms with E-state index in [1.165, 1.54) is 6.07 Å². The maximum atomic E-state index is 10.9. The fraction of sp³-hybridized carbons (Fsp3) is 0.500. The SMILES string of the molecule is NCC1CCN(Cc2cccc([N+](=O)[O-])c2Br)C1. The van der Waals surface area contributed by atoms with E-state index in [-0.39, 0.29) is 10.6 Å². The van der Waals surface area contributed by atoms with Crippen molar-refractivity contribution in [3.05, 3.63) is 38.3 Å². The number of hydrogen-bond donors (Lipinski definition) is 1. The number of hydrogen-bond acceptors (Lipinski definition) is 4. The van der Waals surface area contributed by atoms with Crippen LogP contribution < -0.4 is 5.73 Å². The lowest BCUT2D eigenvalue weighted by atomic mass is 10.1. The van der Waals surface area contributed by atoms with E-state index in [2.05, 4.69) is 20.8 Å². The van der Waals surface area contributed by atoms with Crippen LogP contribution in [0, 0.1) is 16.0 Å². The quantitative estimate of drug-likeness (QED) is 0.682. The van der Waals surface area contributed by atoms with Gasteiger partial charge >= 0.3 is 0 Å². The number of nitrogens with two attached hydrogens (primary N) is 1. The standard InChI is InChI=1S/C12H16BrN3O2/c13-12-10(2-1-3-11(12)16(17)18)8-15-5-4-9(6-14)7-15/h1-3,9H,4-8,14H2. The Morgan fingerprint density at radius 1 is 1.56 bits per heavy atom. The van der Waals surface area contributed by atoms with E-state index < -0.39 is 0 Å². The fourth-order valence-electron chi connectivity index (χ4n) is 2.32.